The third-order valence-electron chi connectivity index (χ3n) is 5.28. The van der Waals surface area contributed by atoms with Crippen molar-refractivity contribution in [3.8, 4) is 0 Å². The molecule has 25 heavy (non-hydrogen) atoms. The average molecular weight is 345 g/mol. The van der Waals surface area contributed by atoms with Gasteiger partial charge in [-0.05, 0) is 37.7 Å². The quantitative estimate of drug-likeness (QED) is 0.725. The van der Waals surface area contributed by atoms with E-state index in [4.69, 9.17) is 5.73 Å². The van der Waals surface area contributed by atoms with Gasteiger partial charge in [0, 0.05) is 43.9 Å². The van der Waals surface area contributed by atoms with E-state index < -0.39 is 0 Å². The standard InChI is InChI=1S/C18H27N5O2/c19-16(24)14-6-9-23(10-7-14)17-15(5-2-8-20-17)12-22-18(25)21-11-13-3-1-4-13/h2,5,8,13-14H,1,3-4,6-7,9-12H2,(H2,19,24)(H2,21,22,25). The number of carbonyl (C=O) groups excluding carboxylic acids is 2. The molecule has 4 N–H and O–H groups in total. The Morgan fingerprint density at radius 1 is 1.20 bits per heavy atom. The molecule has 7 nitrogen and oxygen atoms in total. The van der Waals surface area contributed by atoms with Crippen molar-refractivity contribution in [1.29, 1.82) is 0 Å². The lowest BCUT2D eigenvalue weighted by atomic mass is 9.85. The van der Waals surface area contributed by atoms with Gasteiger partial charge in [-0.25, -0.2) is 9.78 Å². The number of nitrogens with one attached hydrogen (secondary N) is 2. The minimum absolute atomic E-state index is 0.0428. The highest BCUT2D eigenvalue weighted by molar-refractivity contribution is 5.77. The van der Waals surface area contributed by atoms with Crippen LogP contribution in [0.4, 0.5) is 10.6 Å². The highest BCUT2D eigenvalue weighted by Gasteiger charge is 2.25. The summed E-state index contributed by atoms with van der Waals surface area (Å²) in [6.45, 7) is 2.71. The summed E-state index contributed by atoms with van der Waals surface area (Å²) in [5, 5.41) is 5.85. The fourth-order valence-electron chi connectivity index (χ4n) is 3.40. The lowest BCUT2D eigenvalue weighted by Gasteiger charge is -2.32. The van der Waals surface area contributed by atoms with Gasteiger partial charge in [0.2, 0.25) is 5.91 Å². The second-order valence-corrected chi connectivity index (χ2v) is 7.01. The fourth-order valence-corrected chi connectivity index (χ4v) is 3.40. The van der Waals surface area contributed by atoms with E-state index in [1.165, 1.54) is 19.3 Å². The molecule has 136 valence electrons. The van der Waals surface area contributed by atoms with Gasteiger partial charge in [-0.15, -0.1) is 0 Å². The molecule has 1 aromatic rings. The number of nitrogens with two attached hydrogens (primary N) is 1. The van der Waals surface area contributed by atoms with Crippen molar-refractivity contribution >= 4 is 17.8 Å². The van der Waals surface area contributed by atoms with Gasteiger partial charge in [-0.1, -0.05) is 12.5 Å². The van der Waals surface area contributed by atoms with E-state index in [0.717, 1.165) is 43.9 Å². The molecule has 3 amide bonds. The molecule has 1 aliphatic heterocycles. The van der Waals surface area contributed by atoms with E-state index >= 15 is 0 Å². The predicted molar refractivity (Wildman–Crippen MR) is 95.9 cm³/mol. The zero-order valence-electron chi connectivity index (χ0n) is 14.5. The molecule has 0 radical (unpaired) electrons. The van der Waals surface area contributed by atoms with Crippen molar-refractivity contribution in [2.24, 2.45) is 17.6 Å². The van der Waals surface area contributed by atoms with Gasteiger partial charge in [0.25, 0.3) is 0 Å². The monoisotopic (exact) mass is 345 g/mol. The maximum Gasteiger partial charge on any atom is 0.315 e. The summed E-state index contributed by atoms with van der Waals surface area (Å²) >= 11 is 0. The highest BCUT2D eigenvalue weighted by Crippen LogP contribution is 2.25. The van der Waals surface area contributed by atoms with Gasteiger partial charge >= 0.3 is 6.03 Å². The number of amides is 3. The molecule has 0 spiro atoms. The molecule has 1 aromatic heterocycles. The smallest absolute Gasteiger partial charge is 0.315 e. The largest absolute Gasteiger partial charge is 0.369 e. The molecule has 0 atom stereocenters. The van der Waals surface area contributed by atoms with Gasteiger partial charge in [0.05, 0.1) is 0 Å². The van der Waals surface area contributed by atoms with Crippen LogP contribution in [0.2, 0.25) is 0 Å². The third-order valence-corrected chi connectivity index (χ3v) is 5.28. The summed E-state index contributed by atoms with van der Waals surface area (Å²) in [5.41, 5.74) is 6.38. The summed E-state index contributed by atoms with van der Waals surface area (Å²) < 4.78 is 0. The van der Waals surface area contributed by atoms with Gasteiger partial charge in [-0.2, -0.15) is 0 Å². The molecule has 0 unspecified atom stereocenters. The first-order valence-corrected chi connectivity index (χ1v) is 9.13. The van der Waals surface area contributed by atoms with Crippen LogP contribution in [0.25, 0.3) is 0 Å². The number of carbonyl (C=O) groups is 2. The van der Waals surface area contributed by atoms with Crippen LogP contribution in [0, 0.1) is 11.8 Å². The Kier molecular flexibility index (Phi) is 5.73. The van der Waals surface area contributed by atoms with Crippen molar-refractivity contribution in [2.75, 3.05) is 24.5 Å². The molecule has 7 heteroatoms. The Morgan fingerprint density at radius 2 is 1.96 bits per heavy atom. The van der Waals surface area contributed by atoms with Crippen LogP contribution in [-0.2, 0) is 11.3 Å². The van der Waals surface area contributed by atoms with Crippen molar-refractivity contribution < 1.29 is 9.59 Å². The number of primary amides is 1. The Hall–Kier alpha value is -2.31. The van der Waals surface area contributed by atoms with Gasteiger partial charge < -0.3 is 21.3 Å². The first kappa shape index (κ1) is 17.5. The molecule has 0 aromatic carbocycles. The first-order valence-electron chi connectivity index (χ1n) is 9.13. The zero-order chi connectivity index (χ0) is 17.6. The van der Waals surface area contributed by atoms with Crippen molar-refractivity contribution in [3.63, 3.8) is 0 Å². The SMILES string of the molecule is NC(=O)C1CCN(c2ncccc2CNC(=O)NCC2CCC2)CC1. The van der Waals surface area contributed by atoms with Crippen LogP contribution in [0.1, 0.15) is 37.7 Å². The Balaban J connectivity index is 1.52. The van der Waals surface area contributed by atoms with E-state index in [-0.39, 0.29) is 17.9 Å². The van der Waals surface area contributed by atoms with Crippen LogP contribution in [0.3, 0.4) is 0 Å². The second kappa shape index (κ2) is 8.18. The van der Waals surface area contributed by atoms with Crippen LogP contribution in [0.15, 0.2) is 18.3 Å². The van der Waals surface area contributed by atoms with E-state index in [9.17, 15) is 9.59 Å². The van der Waals surface area contributed by atoms with Gasteiger partial charge in [0.1, 0.15) is 5.82 Å². The number of rotatable bonds is 6. The van der Waals surface area contributed by atoms with E-state index in [2.05, 4.69) is 20.5 Å². The maximum atomic E-state index is 12.0. The molecular weight excluding hydrogens is 318 g/mol. The van der Waals surface area contributed by atoms with Crippen LogP contribution >= 0.6 is 0 Å². The summed E-state index contributed by atoms with van der Waals surface area (Å²) in [4.78, 5) is 29.9. The molecule has 2 fully saturated rings. The number of pyridine rings is 1. The average Bonchev–Trinajstić information content (AvgIpc) is 2.59. The van der Waals surface area contributed by atoms with Gasteiger partial charge in [-0.3, -0.25) is 4.79 Å². The van der Waals surface area contributed by atoms with E-state index in [1.54, 1.807) is 6.20 Å². The maximum absolute atomic E-state index is 12.0. The van der Waals surface area contributed by atoms with Gasteiger partial charge in [0.15, 0.2) is 0 Å². The lowest BCUT2D eigenvalue weighted by Crippen LogP contribution is -2.41. The molecule has 1 saturated carbocycles. The first-order chi connectivity index (χ1) is 12.1. The molecule has 2 aliphatic rings. The Morgan fingerprint density at radius 3 is 2.60 bits per heavy atom. The molecular formula is C18H27N5O2. The fraction of sp³-hybridized carbons (Fsp3) is 0.611. The highest BCUT2D eigenvalue weighted by atomic mass is 16.2. The summed E-state index contributed by atoms with van der Waals surface area (Å²) in [6, 6.07) is 3.73. The molecule has 2 heterocycles. The van der Waals surface area contributed by atoms with E-state index in [0.29, 0.717) is 12.5 Å². The topological polar surface area (TPSA) is 100 Å². The summed E-state index contributed by atoms with van der Waals surface area (Å²) in [6.07, 6.45) is 6.97. The number of nitrogens with zero attached hydrogens (tertiary/aromatic N) is 2. The normalized spacial score (nSPS) is 18.5. The minimum atomic E-state index is -0.217. The number of hydrogen-bond acceptors (Lipinski definition) is 4. The number of anilines is 1. The minimum Gasteiger partial charge on any atom is -0.369 e. The number of hydrogen-bond donors (Lipinski definition) is 3. The van der Waals surface area contributed by atoms with Crippen molar-refractivity contribution in [2.45, 2.75) is 38.6 Å². The molecule has 1 saturated heterocycles. The van der Waals surface area contributed by atoms with Crippen LogP contribution in [0.5, 0.6) is 0 Å². The van der Waals surface area contributed by atoms with E-state index in [1.807, 2.05) is 12.1 Å². The third kappa shape index (κ3) is 4.61. The number of urea groups is 1. The number of aromatic nitrogens is 1. The lowest BCUT2D eigenvalue weighted by molar-refractivity contribution is -0.122. The molecule has 1 aliphatic carbocycles. The predicted octanol–water partition coefficient (Wildman–Crippen LogP) is 1.38. The van der Waals surface area contributed by atoms with Crippen molar-refractivity contribution in [3.05, 3.63) is 23.9 Å². The molecule has 3 rings (SSSR count). The zero-order valence-corrected chi connectivity index (χ0v) is 14.5. The summed E-state index contributed by atoms with van der Waals surface area (Å²) in [5.74, 6) is 1.26. The molecule has 0 bridgehead atoms. The van der Waals surface area contributed by atoms with Crippen molar-refractivity contribution in [1.82, 2.24) is 15.6 Å². The second-order valence-electron chi connectivity index (χ2n) is 7.01. The Bertz CT molecular complexity index is 609. The summed E-state index contributed by atoms with van der Waals surface area (Å²) in [7, 11) is 0. The van der Waals surface area contributed by atoms with Crippen LogP contribution < -0.4 is 21.3 Å². The number of piperidine rings is 1. The van der Waals surface area contributed by atoms with Crippen LogP contribution in [-0.4, -0.2) is 36.6 Å². The Labute approximate surface area is 148 Å².